The lowest BCUT2D eigenvalue weighted by molar-refractivity contribution is -0.126. The van der Waals surface area contributed by atoms with Crippen molar-refractivity contribution in [3.8, 4) is 0 Å². The second kappa shape index (κ2) is 9.46. The van der Waals surface area contributed by atoms with Crippen LogP contribution in [-0.2, 0) is 23.3 Å². The molecule has 0 N–H and O–H groups in total. The predicted octanol–water partition coefficient (Wildman–Crippen LogP) is 6.24. The molecule has 41 heavy (non-hydrogen) atoms. The molecule has 2 amide bonds. The molecular weight excluding hydrogens is 536 g/mol. The van der Waals surface area contributed by atoms with E-state index in [9.17, 15) is 14.4 Å². The SMILES string of the molecule is Cc1ccccc1CN1C(=O)C2(c3ccccc31)c1c(oc3ccc(Cl)cc3c1=O)C(=O)N2CCc1ccccc1. The maximum Gasteiger partial charge on any atom is 0.291 e. The van der Waals surface area contributed by atoms with Crippen LogP contribution in [0.5, 0.6) is 0 Å². The number of hydrogen-bond acceptors (Lipinski definition) is 4. The Labute approximate surface area is 241 Å². The molecule has 0 bridgehead atoms. The molecule has 0 aliphatic carbocycles. The Balaban J connectivity index is 1.48. The number of anilines is 1. The maximum atomic E-state index is 14.9. The third kappa shape index (κ3) is 3.67. The molecule has 4 aromatic carbocycles. The Morgan fingerprint density at radius 1 is 0.854 bits per heavy atom. The van der Waals surface area contributed by atoms with E-state index < -0.39 is 16.9 Å². The summed E-state index contributed by atoms with van der Waals surface area (Å²) in [5.41, 5.74) is 2.49. The molecule has 5 aromatic rings. The lowest BCUT2D eigenvalue weighted by Gasteiger charge is -2.34. The number of nitrogens with zero attached hydrogens (tertiary/aromatic N) is 2. The van der Waals surface area contributed by atoms with Crippen molar-refractivity contribution in [3.63, 3.8) is 0 Å². The number of hydrogen-bond donors (Lipinski definition) is 0. The number of carbonyl (C=O) groups excluding carboxylic acids is 2. The van der Waals surface area contributed by atoms with Crippen LogP contribution < -0.4 is 10.3 Å². The van der Waals surface area contributed by atoms with E-state index in [-0.39, 0.29) is 34.7 Å². The fraction of sp³-hybridized carbons (Fsp3) is 0.147. The van der Waals surface area contributed by atoms with Crippen LogP contribution >= 0.6 is 11.6 Å². The molecule has 1 spiro atoms. The average molecular weight is 561 g/mol. The van der Waals surface area contributed by atoms with E-state index in [1.165, 1.54) is 11.0 Å². The first-order chi connectivity index (χ1) is 19.9. The van der Waals surface area contributed by atoms with Crippen LogP contribution in [0.4, 0.5) is 5.69 Å². The molecule has 0 saturated carbocycles. The second-order valence-corrected chi connectivity index (χ2v) is 10.9. The summed E-state index contributed by atoms with van der Waals surface area (Å²) in [7, 11) is 0. The Kier molecular flexibility index (Phi) is 5.84. The number of rotatable bonds is 5. The monoisotopic (exact) mass is 560 g/mol. The van der Waals surface area contributed by atoms with E-state index in [1.54, 1.807) is 17.0 Å². The first-order valence-corrected chi connectivity index (χ1v) is 13.9. The molecule has 0 radical (unpaired) electrons. The van der Waals surface area contributed by atoms with Gasteiger partial charge in [-0.05, 0) is 54.3 Å². The largest absolute Gasteiger partial charge is 0.450 e. The Morgan fingerprint density at radius 2 is 1.59 bits per heavy atom. The minimum atomic E-state index is -1.67. The van der Waals surface area contributed by atoms with Crippen LogP contribution in [0.25, 0.3) is 11.0 Å². The van der Waals surface area contributed by atoms with Crippen LogP contribution in [-0.4, -0.2) is 23.3 Å². The zero-order valence-corrected chi connectivity index (χ0v) is 23.0. The molecule has 0 fully saturated rings. The summed E-state index contributed by atoms with van der Waals surface area (Å²) < 4.78 is 6.14. The van der Waals surface area contributed by atoms with Gasteiger partial charge in [0.1, 0.15) is 5.58 Å². The van der Waals surface area contributed by atoms with Gasteiger partial charge in [-0.3, -0.25) is 14.4 Å². The lowest BCUT2D eigenvalue weighted by atomic mass is 9.83. The molecular formula is C34H25ClN2O4. The van der Waals surface area contributed by atoms with Gasteiger partial charge in [0, 0.05) is 17.1 Å². The van der Waals surface area contributed by atoms with Crippen molar-refractivity contribution in [2.45, 2.75) is 25.4 Å². The first kappa shape index (κ1) is 25.3. The minimum Gasteiger partial charge on any atom is -0.450 e. The number of aryl methyl sites for hydroxylation is 1. The van der Waals surface area contributed by atoms with E-state index in [0.29, 0.717) is 29.2 Å². The molecule has 1 atom stereocenters. The average Bonchev–Trinajstić information content (AvgIpc) is 3.38. The topological polar surface area (TPSA) is 70.8 Å². The standard InChI is InChI=1S/C34H25ClN2O4/c1-21-9-5-6-12-23(21)20-36-27-14-8-7-13-26(27)34(33(36)40)29-30(38)25-19-24(35)15-16-28(25)41-31(29)32(39)37(34)18-17-22-10-3-2-4-11-22/h2-16,19H,17-18,20H2,1H3. The molecule has 3 heterocycles. The maximum absolute atomic E-state index is 14.9. The highest BCUT2D eigenvalue weighted by atomic mass is 35.5. The molecule has 7 heteroatoms. The Morgan fingerprint density at radius 3 is 2.39 bits per heavy atom. The highest BCUT2D eigenvalue weighted by Gasteiger charge is 2.64. The minimum absolute atomic E-state index is 0.0510. The van der Waals surface area contributed by atoms with Gasteiger partial charge in [-0.25, -0.2) is 0 Å². The zero-order chi connectivity index (χ0) is 28.3. The van der Waals surface area contributed by atoms with Crippen molar-refractivity contribution in [1.82, 2.24) is 4.90 Å². The summed E-state index contributed by atoms with van der Waals surface area (Å²) >= 11 is 6.27. The van der Waals surface area contributed by atoms with Crippen molar-refractivity contribution in [1.29, 1.82) is 0 Å². The van der Waals surface area contributed by atoms with Crippen molar-refractivity contribution in [3.05, 3.63) is 146 Å². The van der Waals surface area contributed by atoms with Gasteiger partial charge in [-0.2, -0.15) is 0 Å². The van der Waals surface area contributed by atoms with Crippen molar-refractivity contribution < 1.29 is 14.0 Å². The normalized spacial score (nSPS) is 17.5. The van der Waals surface area contributed by atoms with E-state index in [4.69, 9.17) is 16.0 Å². The number of benzene rings is 4. The lowest BCUT2D eigenvalue weighted by Crippen LogP contribution is -2.53. The number of halogens is 1. The second-order valence-electron chi connectivity index (χ2n) is 10.5. The summed E-state index contributed by atoms with van der Waals surface area (Å²) in [5, 5.41) is 0.597. The van der Waals surface area contributed by atoms with Crippen molar-refractivity contribution in [2.75, 3.05) is 11.4 Å². The fourth-order valence-corrected chi connectivity index (χ4v) is 6.44. The van der Waals surface area contributed by atoms with Crippen molar-refractivity contribution in [2.24, 2.45) is 0 Å². The summed E-state index contributed by atoms with van der Waals surface area (Å²) in [4.78, 5) is 46.7. The Bertz CT molecular complexity index is 1930. The highest BCUT2D eigenvalue weighted by molar-refractivity contribution is 6.31. The van der Waals surface area contributed by atoms with Gasteiger partial charge in [0.15, 0.2) is 11.0 Å². The van der Waals surface area contributed by atoms with Crippen LogP contribution in [0, 0.1) is 6.92 Å². The quantitative estimate of drug-likeness (QED) is 0.255. The molecule has 7 rings (SSSR count). The van der Waals surface area contributed by atoms with Crippen LogP contribution in [0.15, 0.2) is 106 Å². The molecule has 2 aliphatic rings. The highest BCUT2D eigenvalue weighted by Crippen LogP contribution is 2.53. The number of amides is 2. The first-order valence-electron chi connectivity index (χ1n) is 13.5. The molecule has 1 aromatic heterocycles. The number of carbonyl (C=O) groups is 2. The molecule has 2 aliphatic heterocycles. The van der Waals surface area contributed by atoms with Crippen LogP contribution in [0.2, 0.25) is 5.02 Å². The zero-order valence-electron chi connectivity index (χ0n) is 22.3. The van der Waals surface area contributed by atoms with Crippen LogP contribution in [0.3, 0.4) is 0 Å². The van der Waals surface area contributed by atoms with Gasteiger partial charge in [-0.15, -0.1) is 0 Å². The smallest absolute Gasteiger partial charge is 0.291 e. The van der Waals surface area contributed by atoms with E-state index in [2.05, 4.69) is 0 Å². The van der Waals surface area contributed by atoms with E-state index in [0.717, 1.165) is 16.7 Å². The third-order valence-corrected chi connectivity index (χ3v) is 8.49. The predicted molar refractivity (Wildman–Crippen MR) is 158 cm³/mol. The summed E-state index contributed by atoms with van der Waals surface area (Å²) in [6.07, 6.45) is 0.495. The summed E-state index contributed by atoms with van der Waals surface area (Å²) in [6.45, 7) is 2.51. The molecule has 202 valence electrons. The van der Waals surface area contributed by atoms with Gasteiger partial charge in [-0.1, -0.05) is 84.4 Å². The number of para-hydroxylation sites is 1. The Hall–Kier alpha value is -4.68. The van der Waals surface area contributed by atoms with Gasteiger partial charge >= 0.3 is 0 Å². The molecule has 0 saturated heterocycles. The summed E-state index contributed by atoms with van der Waals surface area (Å²) in [5.74, 6) is -0.930. The third-order valence-electron chi connectivity index (χ3n) is 8.25. The number of fused-ring (bicyclic) bond motifs is 5. The van der Waals surface area contributed by atoms with E-state index in [1.807, 2.05) is 85.8 Å². The van der Waals surface area contributed by atoms with Gasteiger partial charge in [0.2, 0.25) is 5.76 Å². The van der Waals surface area contributed by atoms with Crippen molar-refractivity contribution >= 4 is 40.1 Å². The van der Waals surface area contributed by atoms with Gasteiger partial charge in [0.05, 0.1) is 23.2 Å². The summed E-state index contributed by atoms with van der Waals surface area (Å²) in [6, 6.07) is 29.8. The molecule has 1 unspecified atom stereocenters. The van der Waals surface area contributed by atoms with Gasteiger partial charge in [0.25, 0.3) is 11.8 Å². The van der Waals surface area contributed by atoms with E-state index >= 15 is 0 Å². The van der Waals surface area contributed by atoms with Gasteiger partial charge < -0.3 is 14.2 Å². The fourth-order valence-electron chi connectivity index (χ4n) is 6.26. The van der Waals surface area contributed by atoms with Crippen LogP contribution in [0.1, 0.15) is 38.4 Å². The molecule has 6 nitrogen and oxygen atoms in total.